The van der Waals surface area contributed by atoms with E-state index in [-0.39, 0.29) is 18.0 Å². The predicted octanol–water partition coefficient (Wildman–Crippen LogP) is 2.98. The Morgan fingerprint density at radius 2 is 1.76 bits per heavy atom. The highest BCUT2D eigenvalue weighted by Crippen LogP contribution is 2.34. The normalized spacial score (nSPS) is 15.4. The largest absolute Gasteiger partial charge is 0.339 e. The molecule has 3 rings (SSSR count). The van der Waals surface area contributed by atoms with Gasteiger partial charge in [-0.2, -0.15) is 0 Å². The Morgan fingerprint density at radius 1 is 1.08 bits per heavy atom. The predicted molar refractivity (Wildman–Crippen MR) is 91.8 cm³/mol. The molecule has 25 heavy (non-hydrogen) atoms. The fourth-order valence-corrected chi connectivity index (χ4v) is 4.13. The number of carbonyl (C=O) groups is 1. The SMILES string of the molecule is CC#CCN1C(=O)N(Cc2ccc(F)cc2)S(=O)(=O)c2ccccc21. The van der Waals surface area contributed by atoms with Crippen LogP contribution in [0.15, 0.2) is 53.4 Å². The number of amides is 2. The fourth-order valence-electron chi connectivity index (χ4n) is 2.58. The molecule has 0 bridgehead atoms. The molecule has 0 aromatic heterocycles. The Bertz CT molecular complexity index is 975. The van der Waals surface area contributed by atoms with Gasteiger partial charge in [-0.3, -0.25) is 4.90 Å². The van der Waals surface area contributed by atoms with Crippen LogP contribution in [0.3, 0.4) is 0 Å². The summed E-state index contributed by atoms with van der Waals surface area (Å²) in [6.07, 6.45) is 0. The monoisotopic (exact) mass is 358 g/mol. The van der Waals surface area contributed by atoms with Crippen LogP contribution in [0, 0.1) is 17.7 Å². The van der Waals surface area contributed by atoms with Gasteiger partial charge in [0, 0.05) is 0 Å². The van der Waals surface area contributed by atoms with E-state index >= 15 is 0 Å². The first-order chi connectivity index (χ1) is 11.9. The number of urea groups is 1. The highest BCUT2D eigenvalue weighted by molar-refractivity contribution is 7.90. The van der Waals surface area contributed by atoms with E-state index < -0.39 is 21.9 Å². The number of rotatable bonds is 3. The molecular weight excluding hydrogens is 343 g/mol. The molecule has 7 heteroatoms. The van der Waals surface area contributed by atoms with Crippen LogP contribution in [-0.2, 0) is 16.6 Å². The molecule has 0 aliphatic carbocycles. The third-order valence-electron chi connectivity index (χ3n) is 3.82. The first kappa shape index (κ1) is 17.0. The van der Waals surface area contributed by atoms with Crippen molar-refractivity contribution >= 4 is 21.7 Å². The quantitative estimate of drug-likeness (QED) is 0.793. The van der Waals surface area contributed by atoms with Crippen molar-refractivity contribution < 1.29 is 17.6 Å². The molecule has 1 aliphatic heterocycles. The topological polar surface area (TPSA) is 57.7 Å². The smallest absolute Gasteiger partial charge is 0.280 e. The number of sulfonamides is 1. The average Bonchev–Trinajstić information content (AvgIpc) is 2.60. The molecule has 0 unspecified atom stereocenters. The van der Waals surface area contributed by atoms with Crippen LogP contribution in [-0.4, -0.2) is 25.3 Å². The minimum absolute atomic E-state index is 0.0506. The van der Waals surface area contributed by atoms with E-state index in [2.05, 4.69) is 11.8 Å². The maximum Gasteiger partial charge on any atom is 0.339 e. The summed E-state index contributed by atoms with van der Waals surface area (Å²) >= 11 is 0. The lowest BCUT2D eigenvalue weighted by atomic mass is 10.2. The zero-order valence-corrected chi connectivity index (χ0v) is 14.3. The third-order valence-corrected chi connectivity index (χ3v) is 5.59. The van der Waals surface area contributed by atoms with Crippen molar-refractivity contribution in [3.63, 3.8) is 0 Å². The zero-order valence-electron chi connectivity index (χ0n) is 13.4. The van der Waals surface area contributed by atoms with Gasteiger partial charge in [-0.05, 0) is 36.8 Å². The molecule has 1 heterocycles. The third kappa shape index (κ3) is 3.08. The lowest BCUT2D eigenvalue weighted by Crippen LogP contribution is -2.50. The fraction of sp³-hybridized carbons (Fsp3) is 0.167. The summed E-state index contributed by atoms with van der Waals surface area (Å²) in [7, 11) is -4.00. The molecule has 0 saturated heterocycles. The summed E-state index contributed by atoms with van der Waals surface area (Å²) in [5.41, 5.74) is 0.824. The van der Waals surface area contributed by atoms with Gasteiger partial charge >= 0.3 is 6.03 Å². The van der Waals surface area contributed by atoms with E-state index in [0.717, 1.165) is 4.31 Å². The summed E-state index contributed by atoms with van der Waals surface area (Å²) in [4.78, 5) is 14.2. The van der Waals surface area contributed by atoms with Crippen molar-refractivity contribution in [3.8, 4) is 11.8 Å². The van der Waals surface area contributed by atoms with Crippen molar-refractivity contribution in [3.05, 3.63) is 59.9 Å². The molecule has 2 amide bonds. The van der Waals surface area contributed by atoms with Crippen molar-refractivity contribution in [2.45, 2.75) is 18.4 Å². The van der Waals surface area contributed by atoms with E-state index in [1.807, 2.05) is 0 Å². The molecule has 0 atom stereocenters. The number of anilines is 1. The van der Waals surface area contributed by atoms with Crippen LogP contribution in [0.5, 0.6) is 0 Å². The van der Waals surface area contributed by atoms with Crippen molar-refractivity contribution in [2.24, 2.45) is 0 Å². The van der Waals surface area contributed by atoms with E-state index in [4.69, 9.17) is 0 Å². The second-order valence-corrected chi connectivity index (χ2v) is 7.23. The second kappa shape index (κ2) is 6.57. The van der Waals surface area contributed by atoms with E-state index in [1.54, 1.807) is 25.1 Å². The number of benzene rings is 2. The van der Waals surface area contributed by atoms with Crippen molar-refractivity contribution in [1.29, 1.82) is 0 Å². The molecule has 2 aromatic rings. The molecule has 0 N–H and O–H groups in total. The van der Waals surface area contributed by atoms with E-state index in [9.17, 15) is 17.6 Å². The minimum atomic E-state index is -4.00. The molecule has 0 spiro atoms. The van der Waals surface area contributed by atoms with Gasteiger partial charge in [0.05, 0.1) is 18.8 Å². The zero-order chi connectivity index (χ0) is 18.0. The highest BCUT2D eigenvalue weighted by Gasteiger charge is 2.40. The van der Waals surface area contributed by atoms with Gasteiger partial charge in [0.2, 0.25) is 0 Å². The Balaban J connectivity index is 2.07. The minimum Gasteiger partial charge on any atom is -0.280 e. The number of nitrogens with zero attached hydrogens (tertiary/aromatic N) is 2. The Kier molecular flexibility index (Phi) is 4.47. The maximum atomic E-state index is 13.1. The summed E-state index contributed by atoms with van der Waals surface area (Å²) in [6, 6.07) is 11.0. The number of carbonyl (C=O) groups excluding carboxylic acids is 1. The molecule has 5 nitrogen and oxygen atoms in total. The van der Waals surface area contributed by atoms with Gasteiger partial charge in [-0.25, -0.2) is 21.9 Å². The van der Waals surface area contributed by atoms with Gasteiger partial charge in [0.1, 0.15) is 10.7 Å². The van der Waals surface area contributed by atoms with Gasteiger partial charge in [0.25, 0.3) is 10.0 Å². The summed E-state index contributed by atoms with van der Waals surface area (Å²) in [5.74, 6) is 5.07. The second-order valence-electron chi connectivity index (χ2n) is 5.40. The number of hydrogen-bond acceptors (Lipinski definition) is 3. The van der Waals surface area contributed by atoms with Crippen molar-refractivity contribution in [2.75, 3.05) is 11.4 Å². The molecule has 2 aromatic carbocycles. The summed E-state index contributed by atoms with van der Waals surface area (Å²) < 4.78 is 39.6. The lowest BCUT2D eigenvalue weighted by Gasteiger charge is -2.35. The Morgan fingerprint density at radius 3 is 2.44 bits per heavy atom. The number of hydrogen-bond donors (Lipinski definition) is 0. The Labute approximate surface area is 145 Å². The van der Waals surface area contributed by atoms with Crippen LogP contribution in [0.25, 0.3) is 0 Å². The van der Waals surface area contributed by atoms with Crippen LogP contribution in [0.2, 0.25) is 0 Å². The van der Waals surface area contributed by atoms with Gasteiger partial charge in [-0.15, -0.1) is 5.92 Å². The first-order valence-corrected chi connectivity index (χ1v) is 8.96. The van der Waals surface area contributed by atoms with E-state index in [0.29, 0.717) is 11.3 Å². The maximum absolute atomic E-state index is 13.1. The number of fused-ring (bicyclic) bond motifs is 1. The van der Waals surface area contributed by atoms with Gasteiger partial charge in [0.15, 0.2) is 0 Å². The van der Waals surface area contributed by atoms with Crippen LogP contribution in [0.4, 0.5) is 14.9 Å². The molecule has 0 saturated carbocycles. The summed E-state index contributed by atoms with van der Waals surface area (Å²) in [5, 5.41) is 0. The van der Waals surface area contributed by atoms with Gasteiger partial charge in [-0.1, -0.05) is 30.2 Å². The molecule has 128 valence electrons. The Hall–Kier alpha value is -2.85. The van der Waals surface area contributed by atoms with Crippen LogP contribution >= 0.6 is 0 Å². The van der Waals surface area contributed by atoms with Crippen LogP contribution < -0.4 is 4.90 Å². The van der Waals surface area contributed by atoms with Crippen LogP contribution in [0.1, 0.15) is 12.5 Å². The summed E-state index contributed by atoms with van der Waals surface area (Å²) in [6.45, 7) is 1.56. The molecule has 0 radical (unpaired) electrons. The molecule has 0 fully saturated rings. The van der Waals surface area contributed by atoms with Crippen molar-refractivity contribution in [1.82, 2.24) is 4.31 Å². The van der Waals surface area contributed by atoms with E-state index in [1.165, 1.54) is 35.2 Å². The average molecular weight is 358 g/mol. The number of halogens is 1. The standard InChI is InChI=1S/C18H15FN2O3S/c1-2-3-12-20-16-6-4-5-7-17(16)25(23,24)21(18(20)22)13-14-8-10-15(19)11-9-14/h4-11H,12-13H2,1H3. The number of para-hydroxylation sites is 1. The van der Waals surface area contributed by atoms with Gasteiger partial charge < -0.3 is 0 Å². The lowest BCUT2D eigenvalue weighted by molar-refractivity contribution is 0.227. The molecule has 1 aliphatic rings. The molecular formula is C18H15FN2O3S. The highest BCUT2D eigenvalue weighted by atomic mass is 32.2. The first-order valence-electron chi connectivity index (χ1n) is 7.52.